The lowest BCUT2D eigenvalue weighted by molar-refractivity contribution is -0.384. The van der Waals surface area contributed by atoms with E-state index < -0.39 is 10.8 Å². The summed E-state index contributed by atoms with van der Waals surface area (Å²) < 4.78 is 5.71. The third-order valence-electron chi connectivity index (χ3n) is 5.30. The topological polar surface area (TPSA) is 72.7 Å². The first-order valence-electron chi connectivity index (χ1n) is 8.12. The molecule has 24 heavy (non-hydrogen) atoms. The molecular weight excluding hydrogens is 332 g/mol. The zero-order valence-electron chi connectivity index (χ0n) is 13.9. The molecule has 0 saturated carbocycles. The molecule has 2 aliphatic rings. The number of hydrogen-bond acceptors (Lipinski definition) is 5. The van der Waals surface area contributed by atoms with Crippen LogP contribution in [0, 0.1) is 10.1 Å². The molecule has 132 valence electrons. The van der Waals surface area contributed by atoms with Crippen LogP contribution in [0.3, 0.4) is 0 Å². The van der Waals surface area contributed by atoms with Gasteiger partial charge >= 0.3 is 5.97 Å². The molecule has 2 aliphatic heterocycles. The van der Waals surface area contributed by atoms with Gasteiger partial charge in [0.15, 0.2) is 0 Å². The monoisotopic (exact) mass is 354 g/mol. The quantitative estimate of drug-likeness (QED) is 0.471. The number of esters is 1. The fourth-order valence-electron chi connectivity index (χ4n) is 3.74. The van der Waals surface area contributed by atoms with Crippen LogP contribution in [-0.2, 0) is 9.53 Å². The van der Waals surface area contributed by atoms with Crippen molar-refractivity contribution in [3.05, 3.63) is 39.9 Å². The SMILES string of the molecule is CC(C(=O)OC1CC2CCC(C1)N2C)c1ccc([N+](=O)[O-])cc1.Cl. The van der Waals surface area contributed by atoms with Crippen LogP contribution in [0.1, 0.15) is 44.1 Å². The van der Waals surface area contributed by atoms with Crippen molar-refractivity contribution in [1.29, 1.82) is 0 Å². The Morgan fingerprint density at radius 2 is 1.79 bits per heavy atom. The molecule has 1 aromatic carbocycles. The van der Waals surface area contributed by atoms with Gasteiger partial charge in [-0.05, 0) is 45.2 Å². The Kier molecular flexibility index (Phi) is 5.83. The van der Waals surface area contributed by atoms with Crippen molar-refractivity contribution in [3.63, 3.8) is 0 Å². The van der Waals surface area contributed by atoms with E-state index in [0.717, 1.165) is 18.4 Å². The first-order valence-corrected chi connectivity index (χ1v) is 8.12. The van der Waals surface area contributed by atoms with Crippen LogP contribution in [-0.4, -0.2) is 41.0 Å². The number of halogens is 1. The molecule has 2 fully saturated rings. The maximum atomic E-state index is 12.4. The van der Waals surface area contributed by atoms with Crippen LogP contribution >= 0.6 is 12.4 Å². The molecule has 7 heteroatoms. The summed E-state index contributed by atoms with van der Waals surface area (Å²) in [6.07, 6.45) is 4.19. The van der Waals surface area contributed by atoms with Gasteiger partial charge in [-0.15, -0.1) is 12.4 Å². The van der Waals surface area contributed by atoms with Gasteiger partial charge in [-0.2, -0.15) is 0 Å². The van der Waals surface area contributed by atoms with Gasteiger partial charge in [0.05, 0.1) is 10.8 Å². The smallest absolute Gasteiger partial charge is 0.313 e. The van der Waals surface area contributed by atoms with E-state index in [2.05, 4.69) is 11.9 Å². The molecule has 2 saturated heterocycles. The van der Waals surface area contributed by atoms with Crippen molar-refractivity contribution < 1.29 is 14.5 Å². The van der Waals surface area contributed by atoms with Crippen molar-refractivity contribution >= 4 is 24.1 Å². The van der Waals surface area contributed by atoms with Crippen molar-refractivity contribution in [2.75, 3.05) is 7.05 Å². The van der Waals surface area contributed by atoms with Crippen LogP contribution < -0.4 is 0 Å². The molecule has 0 amide bonds. The molecule has 1 aromatic rings. The first-order chi connectivity index (χ1) is 11.0. The summed E-state index contributed by atoms with van der Waals surface area (Å²) in [6.45, 7) is 1.78. The molecular formula is C17H23ClN2O4. The molecule has 2 heterocycles. The molecule has 0 spiro atoms. The fourth-order valence-corrected chi connectivity index (χ4v) is 3.74. The lowest BCUT2D eigenvalue weighted by Gasteiger charge is -2.36. The van der Waals surface area contributed by atoms with Crippen LogP contribution in [0.25, 0.3) is 0 Å². The third kappa shape index (κ3) is 3.70. The molecule has 3 unspecified atom stereocenters. The maximum absolute atomic E-state index is 12.4. The Hall–Kier alpha value is -1.66. The number of hydrogen-bond donors (Lipinski definition) is 0. The van der Waals surface area contributed by atoms with Crippen LogP contribution in [0.15, 0.2) is 24.3 Å². The maximum Gasteiger partial charge on any atom is 0.313 e. The zero-order chi connectivity index (χ0) is 16.6. The Bertz CT molecular complexity index is 593. The second kappa shape index (κ2) is 7.49. The van der Waals surface area contributed by atoms with Crippen LogP contribution in [0.4, 0.5) is 5.69 Å². The number of carbonyl (C=O) groups is 1. The predicted octanol–water partition coefficient (Wildman–Crippen LogP) is 3.29. The Labute approximate surface area is 147 Å². The Morgan fingerprint density at radius 1 is 1.25 bits per heavy atom. The van der Waals surface area contributed by atoms with E-state index in [4.69, 9.17) is 4.74 Å². The van der Waals surface area contributed by atoms with Gasteiger partial charge in [-0.25, -0.2) is 0 Å². The summed E-state index contributed by atoms with van der Waals surface area (Å²) in [5.41, 5.74) is 0.776. The second-order valence-corrected chi connectivity index (χ2v) is 6.65. The van der Waals surface area contributed by atoms with Crippen LogP contribution in [0.5, 0.6) is 0 Å². The minimum Gasteiger partial charge on any atom is -0.462 e. The van der Waals surface area contributed by atoms with Gasteiger partial charge in [0.25, 0.3) is 5.69 Å². The minimum atomic E-state index is -0.443. The van der Waals surface area contributed by atoms with E-state index in [-0.39, 0.29) is 30.2 Å². The second-order valence-electron chi connectivity index (χ2n) is 6.65. The molecule has 3 rings (SSSR count). The lowest BCUT2D eigenvalue weighted by atomic mass is 9.99. The Balaban J connectivity index is 0.00000208. The molecule has 3 atom stereocenters. The van der Waals surface area contributed by atoms with E-state index in [1.54, 1.807) is 19.1 Å². The largest absolute Gasteiger partial charge is 0.462 e. The van der Waals surface area contributed by atoms with E-state index >= 15 is 0 Å². The zero-order valence-corrected chi connectivity index (χ0v) is 14.7. The van der Waals surface area contributed by atoms with Crippen molar-refractivity contribution in [3.8, 4) is 0 Å². The van der Waals surface area contributed by atoms with Crippen molar-refractivity contribution in [1.82, 2.24) is 4.90 Å². The number of piperidine rings is 1. The molecule has 6 nitrogen and oxygen atoms in total. The summed E-state index contributed by atoms with van der Waals surface area (Å²) >= 11 is 0. The van der Waals surface area contributed by atoms with Gasteiger partial charge in [-0.3, -0.25) is 14.9 Å². The highest BCUT2D eigenvalue weighted by atomic mass is 35.5. The highest BCUT2D eigenvalue weighted by Crippen LogP contribution is 2.36. The number of benzene rings is 1. The third-order valence-corrected chi connectivity index (χ3v) is 5.30. The number of ether oxygens (including phenoxy) is 1. The summed E-state index contributed by atoms with van der Waals surface area (Å²) in [5.74, 6) is -0.652. The van der Waals surface area contributed by atoms with Gasteiger partial charge in [0.1, 0.15) is 6.10 Å². The molecule has 2 bridgehead atoms. The summed E-state index contributed by atoms with van der Waals surface area (Å²) in [4.78, 5) is 25.0. The first kappa shape index (κ1) is 18.7. The summed E-state index contributed by atoms with van der Waals surface area (Å²) in [5, 5.41) is 10.7. The van der Waals surface area contributed by atoms with Gasteiger partial charge in [-0.1, -0.05) is 12.1 Å². The van der Waals surface area contributed by atoms with E-state index in [1.807, 2.05) is 0 Å². The molecule has 0 aromatic heterocycles. The van der Waals surface area contributed by atoms with Gasteiger partial charge in [0, 0.05) is 24.2 Å². The average Bonchev–Trinajstić information content (AvgIpc) is 2.75. The minimum absolute atomic E-state index is 0. The van der Waals surface area contributed by atoms with E-state index in [9.17, 15) is 14.9 Å². The molecule has 0 N–H and O–H groups in total. The van der Waals surface area contributed by atoms with Crippen molar-refractivity contribution in [2.45, 2.75) is 56.7 Å². The highest BCUT2D eigenvalue weighted by molar-refractivity contribution is 5.85. The van der Waals surface area contributed by atoms with Gasteiger partial charge < -0.3 is 9.64 Å². The molecule has 0 radical (unpaired) electrons. The summed E-state index contributed by atoms with van der Waals surface area (Å²) in [7, 11) is 2.15. The van der Waals surface area contributed by atoms with Gasteiger partial charge in [0.2, 0.25) is 0 Å². The summed E-state index contributed by atoms with van der Waals surface area (Å²) in [6, 6.07) is 7.16. The standard InChI is InChI=1S/C17H22N2O4.ClH/c1-11(12-3-5-13(6-4-12)19(21)22)17(20)23-16-9-14-7-8-15(10-16)18(14)2;/h3-6,11,14-16H,7-10H2,1-2H3;1H. The number of nitro groups is 1. The number of rotatable bonds is 4. The predicted molar refractivity (Wildman–Crippen MR) is 92.4 cm³/mol. The average molecular weight is 355 g/mol. The normalized spacial score (nSPS) is 27.2. The number of nitrogens with zero attached hydrogens (tertiary/aromatic N) is 2. The number of fused-ring (bicyclic) bond motifs is 2. The highest BCUT2D eigenvalue weighted by Gasteiger charge is 2.40. The fraction of sp³-hybridized carbons (Fsp3) is 0.588. The van der Waals surface area contributed by atoms with Crippen LogP contribution in [0.2, 0.25) is 0 Å². The van der Waals surface area contributed by atoms with Crippen molar-refractivity contribution in [2.24, 2.45) is 0 Å². The number of carbonyl (C=O) groups excluding carboxylic acids is 1. The number of nitro benzene ring substituents is 1. The molecule has 0 aliphatic carbocycles. The van der Waals surface area contributed by atoms with E-state index in [1.165, 1.54) is 25.0 Å². The lowest BCUT2D eigenvalue weighted by Crippen LogP contribution is -2.43. The Morgan fingerprint density at radius 3 is 2.29 bits per heavy atom. The number of non-ortho nitro benzene ring substituents is 1. The van der Waals surface area contributed by atoms with E-state index in [0.29, 0.717) is 12.1 Å².